The molecule has 3 nitrogen and oxygen atoms in total. The molecule has 1 spiro atoms. The maximum Gasteiger partial charge on any atom is 0.172 e. The fourth-order valence-electron chi connectivity index (χ4n) is 2.59. The van der Waals surface area contributed by atoms with Gasteiger partial charge in [0.2, 0.25) is 0 Å². The van der Waals surface area contributed by atoms with Crippen molar-refractivity contribution in [3.8, 4) is 0 Å². The van der Waals surface area contributed by atoms with Crippen molar-refractivity contribution in [2.24, 2.45) is 5.92 Å². The van der Waals surface area contributed by atoms with Gasteiger partial charge >= 0.3 is 0 Å². The average Bonchev–Trinajstić information content (AvgIpc) is 2.40. The highest BCUT2D eigenvalue weighted by Gasteiger charge is 2.49. The first-order chi connectivity index (χ1) is 6.95. The highest BCUT2D eigenvalue weighted by atomic mass is 32.1. The second-order valence-electron chi connectivity index (χ2n) is 4.77. The summed E-state index contributed by atoms with van der Waals surface area (Å²) in [6.45, 7) is 5.52. The molecule has 5 heteroatoms. The minimum absolute atomic E-state index is 0.0989. The first-order valence-electron chi connectivity index (χ1n) is 5.29. The van der Waals surface area contributed by atoms with Crippen molar-refractivity contribution in [1.82, 2.24) is 15.5 Å². The van der Waals surface area contributed by atoms with E-state index >= 15 is 0 Å². The summed E-state index contributed by atoms with van der Waals surface area (Å²) in [6, 6.07) is 0.536. The molecule has 15 heavy (non-hydrogen) atoms. The van der Waals surface area contributed by atoms with E-state index in [-0.39, 0.29) is 5.54 Å². The molecule has 0 aliphatic carbocycles. The summed E-state index contributed by atoms with van der Waals surface area (Å²) in [5, 5.41) is 7.13. The van der Waals surface area contributed by atoms with E-state index in [2.05, 4.69) is 36.4 Å². The van der Waals surface area contributed by atoms with Gasteiger partial charge < -0.3 is 15.5 Å². The van der Waals surface area contributed by atoms with Crippen LogP contribution >= 0.6 is 24.4 Å². The Kier molecular flexibility index (Phi) is 2.73. The molecule has 0 bridgehead atoms. The van der Waals surface area contributed by atoms with Crippen molar-refractivity contribution in [3.63, 3.8) is 0 Å². The van der Waals surface area contributed by atoms with Crippen LogP contribution in [0.15, 0.2) is 0 Å². The third-order valence-corrected chi connectivity index (χ3v) is 4.41. The fourth-order valence-corrected chi connectivity index (χ4v) is 3.37. The number of nitrogens with zero attached hydrogens (tertiary/aromatic N) is 1. The molecule has 2 heterocycles. The van der Waals surface area contributed by atoms with Gasteiger partial charge in [-0.2, -0.15) is 0 Å². The molecule has 2 aliphatic rings. The summed E-state index contributed by atoms with van der Waals surface area (Å²) in [5.74, 6) is 0.485. The molecule has 2 fully saturated rings. The van der Waals surface area contributed by atoms with Crippen LogP contribution < -0.4 is 10.6 Å². The Bertz CT molecular complexity index is 318. The lowest BCUT2D eigenvalue weighted by atomic mass is 9.76. The summed E-state index contributed by atoms with van der Waals surface area (Å²) in [4.78, 5) is 3.25. The molecule has 0 amide bonds. The van der Waals surface area contributed by atoms with Crippen LogP contribution in [0.4, 0.5) is 0 Å². The number of nitrogens with one attached hydrogen (secondary N) is 2. The van der Waals surface area contributed by atoms with E-state index in [0.29, 0.717) is 17.1 Å². The number of hydrogen-bond acceptors (Lipinski definition) is 3. The molecule has 84 valence electrons. The quantitative estimate of drug-likeness (QED) is 0.616. The van der Waals surface area contributed by atoms with Crippen molar-refractivity contribution < 1.29 is 0 Å². The minimum atomic E-state index is -0.0989. The van der Waals surface area contributed by atoms with E-state index in [1.165, 1.54) is 0 Å². The number of likely N-dealkylation sites (tertiary alicyclic amines) is 1. The molecular weight excluding hydrogens is 226 g/mol. The van der Waals surface area contributed by atoms with E-state index in [0.717, 1.165) is 18.0 Å². The van der Waals surface area contributed by atoms with Crippen LogP contribution in [-0.4, -0.2) is 40.2 Å². The van der Waals surface area contributed by atoms with Crippen molar-refractivity contribution in [2.45, 2.75) is 31.8 Å². The molecular formula is C10H17N3S2. The molecule has 2 aliphatic heterocycles. The Morgan fingerprint density at radius 1 is 1.40 bits per heavy atom. The van der Waals surface area contributed by atoms with E-state index in [1.54, 1.807) is 0 Å². The van der Waals surface area contributed by atoms with Crippen LogP contribution in [0.25, 0.3) is 0 Å². The third kappa shape index (κ3) is 1.66. The smallest absolute Gasteiger partial charge is 0.172 e. The van der Waals surface area contributed by atoms with Crippen molar-refractivity contribution in [2.75, 3.05) is 13.6 Å². The highest BCUT2D eigenvalue weighted by molar-refractivity contribution is 7.82. The predicted octanol–water partition coefficient (Wildman–Crippen LogP) is 0.890. The monoisotopic (exact) mass is 243 g/mol. The Morgan fingerprint density at radius 2 is 2.07 bits per heavy atom. The lowest BCUT2D eigenvalue weighted by molar-refractivity contribution is 0.108. The summed E-state index contributed by atoms with van der Waals surface area (Å²) in [6.07, 6.45) is 1.02. The molecule has 3 atom stereocenters. The van der Waals surface area contributed by atoms with Gasteiger partial charge in [-0.3, -0.25) is 0 Å². The van der Waals surface area contributed by atoms with Crippen LogP contribution in [0.5, 0.6) is 0 Å². The number of piperidine rings is 1. The van der Waals surface area contributed by atoms with Crippen molar-refractivity contribution in [3.05, 3.63) is 0 Å². The van der Waals surface area contributed by atoms with Gasteiger partial charge in [-0.1, -0.05) is 19.1 Å². The molecule has 0 unspecified atom stereocenters. The van der Waals surface area contributed by atoms with Crippen LogP contribution in [-0.2, 0) is 0 Å². The maximum atomic E-state index is 5.42. The number of hydrogen-bond donors (Lipinski definition) is 2. The third-order valence-electron chi connectivity index (χ3n) is 3.74. The van der Waals surface area contributed by atoms with E-state index < -0.39 is 0 Å². The van der Waals surface area contributed by atoms with Crippen LogP contribution in [0.3, 0.4) is 0 Å². The Balaban J connectivity index is 2.27. The van der Waals surface area contributed by atoms with Gasteiger partial charge in [0.05, 0.1) is 5.54 Å². The van der Waals surface area contributed by atoms with Gasteiger partial charge in [0.15, 0.2) is 5.11 Å². The zero-order chi connectivity index (χ0) is 11.2. The van der Waals surface area contributed by atoms with Crippen LogP contribution in [0.1, 0.15) is 20.3 Å². The Labute approximate surface area is 102 Å². The SMILES string of the molecule is C[C@@H]1C[C@]2(NC(=S)NC2=S)[C@H](C)CN1C. The fraction of sp³-hybridized carbons (Fsp3) is 0.800. The molecule has 2 N–H and O–H groups in total. The summed E-state index contributed by atoms with van der Waals surface area (Å²) in [5.41, 5.74) is -0.0989. The summed E-state index contributed by atoms with van der Waals surface area (Å²) < 4.78 is 0. The van der Waals surface area contributed by atoms with Gasteiger partial charge in [0.1, 0.15) is 4.99 Å². The zero-order valence-electron chi connectivity index (χ0n) is 9.33. The average molecular weight is 243 g/mol. The topological polar surface area (TPSA) is 27.3 Å². The lowest BCUT2D eigenvalue weighted by Crippen LogP contribution is -2.61. The predicted molar refractivity (Wildman–Crippen MR) is 70.1 cm³/mol. The first kappa shape index (κ1) is 11.2. The van der Waals surface area contributed by atoms with Gasteiger partial charge in [-0.25, -0.2) is 0 Å². The second-order valence-corrected chi connectivity index (χ2v) is 5.59. The van der Waals surface area contributed by atoms with Crippen LogP contribution in [0, 0.1) is 5.92 Å². The van der Waals surface area contributed by atoms with E-state index in [4.69, 9.17) is 24.4 Å². The molecule has 0 saturated carbocycles. The molecule has 0 radical (unpaired) electrons. The van der Waals surface area contributed by atoms with Gasteiger partial charge in [0.25, 0.3) is 0 Å². The van der Waals surface area contributed by atoms with E-state index in [1.807, 2.05) is 0 Å². The molecule has 0 aromatic carbocycles. The summed E-state index contributed by atoms with van der Waals surface area (Å²) >= 11 is 10.6. The lowest BCUT2D eigenvalue weighted by Gasteiger charge is -2.46. The largest absolute Gasteiger partial charge is 0.350 e. The standard InChI is InChI=1S/C10H17N3S2/c1-6-5-13(3)7(2)4-10(6)8(14)11-9(15)12-10/h6-7H,4-5H2,1-3H3,(H2,11,12,14,15)/t6-,7-,10+/m1/s1. The summed E-state index contributed by atoms with van der Waals surface area (Å²) in [7, 11) is 2.16. The van der Waals surface area contributed by atoms with E-state index in [9.17, 15) is 0 Å². The number of rotatable bonds is 0. The second kappa shape index (κ2) is 3.64. The molecule has 0 aromatic rings. The molecule has 2 rings (SSSR count). The first-order valence-corrected chi connectivity index (χ1v) is 6.11. The van der Waals surface area contributed by atoms with Crippen molar-refractivity contribution in [1.29, 1.82) is 0 Å². The molecule has 2 saturated heterocycles. The normalized spacial score (nSPS) is 41.8. The maximum absolute atomic E-state index is 5.42. The van der Waals surface area contributed by atoms with Gasteiger partial charge in [0, 0.05) is 12.6 Å². The van der Waals surface area contributed by atoms with Crippen LogP contribution in [0.2, 0.25) is 0 Å². The van der Waals surface area contributed by atoms with Gasteiger partial charge in [-0.05, 0) is 38.5 Å². The van der Waals surface area contributed by atoms with Gasteiger partial charge in [-0.15, -0.1) is 0 Å². The Hall–Kier alpha value is -0.260. The zero-order valence-corrected chi connectivity index (χ0v) is 11.0. The highest BCUT2D eigenvalue weighted by Crippen LogP contribution is 2.33. The molecule has 0 aromatic heterocycles. The minimum Gasteiger partial charge on any atom is -0.350 e. The van der Waals surface area contributed by atoms with Crippen molar-refractivity contribution >= 4 is 34.5 Å². The Morgan fingerprint density at radius 3 is 2.60 bits per heavy atom. The number of thiocarbonyl (C=S) groups is 2.